The standard InChI is InChI=1S/C27H32N2O6/c1-17(2)15-23(24(30)29-27(25(31)32)11-13-34-14-12-27)28-26(33)35-16-22-20-9-5-3-7-18(20)19-8-4-6-10-21(19)22/h3-10,17,22-23H,11-16H2,1-2H3,(H,28,33)(H,29,30)(H,31,32)/t23-/m1/s1. The maximum atomic E-state index is 13.1. The van der Waals surface area contributed by atoms with Crippen LogP contribution in [0.4, 0.5) is 4.79 Å². The Balaban J connectivity index is 1.43. The predicted octanol–water partition coefficient (Wildman–Crippen LogP) is 3.69. The molecule has 8 nitrogen and oxygen atoms in total. The average Bonchev–Trinajstić information content (AvgIpc) is 3.16. The number of carboxylic acid groups (broad SMARTS) is 1. The highest BCUT2D eigenvalue weighted by molar-refractivity contribution is 5.91. The molecule has 2 aromatic carbocycles. The van der Waals surface area contributed by atoms with Crippen LogP contribution in [0.15, 0.2) is 48.5 Å². The Labute approximate surface area is 205 Å². The van der Waals surface area contributed by atoms with Crippen molar-refractivity contribution in [3.63, 3.8) is 0 Å². The second-order valence-electron chi connectivity index (χ2n) is 9.64. The van der Waals surface area contributed by atoms with E-state index in [-0.39, 0.29) is 44.5 Å². The van der Waals surface area contributed by atoms with Crippen molar-refractivity contribution in [3.8, 4) is 11.1 Å². The van der Waals surface area contributed by atoms with Gasteiger partial charge in [-0.05, 0) is 34.6 Å². The van der Waals surface area contributed by atoms with Gasteiger partial charge < -0.3 is 25.2 Å². The summed E-state index contributed by atoms with van der Waals surface area (Å²) in [6.45, 7) is 4.50. The van der Waals surface area contributed by atoms with Crippen LogP contribution in [0.25, 0.3) is 11.1 Å². The molecule has 0 aromatic heterocycles. The van der Waals surface area contributed by atoms with Gasteiger partial charge in [0.1, 0.15) is 18.2 Å². The number of carbonyl (C=O) groups is 3. The molecule has 3 N–H and O–H groups in total. The zero-order valence-corrected chi connectivity index (χ0v) is 20.1. The minimum absolute atomic E-state index is 0.0927. The van der Waals surface area contributed by atoms with Gasteiger partial charge in [0.05, 0.1) is 0 Å². The van der Waals surface area contributed by atoms with Crippen molar-refractivity contribution in [1.82, 2.24) is 10.6 Å². The number of rotatable bonds is 8. The Bertz CT molecular complexity index is 1050. The molecule has 8 heteroatoms. The van der Waals surface area contributed by atoms with Gasteiger partial charge in [-0.15, -0.1) is 0 Å². The summed E-state index contributed by atoms with van der Waals surface area (Å²) in [7, 11) is 0. The second-order valence-corrected chi connectivity index (χ2v) is 9.64. The van der Waals surface area contributed by atoms with E-state index in [0.717, 1.165) is 22.3 Å². The number of carboxylic acids is 1. The van der Waals surface area contributed by atoms with Crippen LogP contribution in [0.2, 0.25) is 0 Å². The lowest BCUT2D eigenvalue weighted by Crippen LogP contribution is -2.61. The summed E-state index contributed by atoms with van der Waals surface area (Å²) in [5.41, 5.74) is 3.06. The zero-order valence-electron chi connectivity index (χ0n) is 20.1. The molecular weight excluding hydrogens is 448 g/mol. The van der Waals surface area contributed by atoms with E-state index < -0.39 is 29.6 Å². The highest BCUT2D eigenvalue weighted by Gasteiger charge is 2.43. The van der Waals surface area contributed by atoms with Crippen molar-refractivity contribution in [2.45, 2.75) is 50.6 Å². The SMILES string of the molecule is CC(C)C[C@@H](NC(=O)OCC1c2ccccc2-c2ccccc21)C(=O)NC1(C(=O)O)CCOCC1. The molecule has 0 saturated carbocycles. The smallest absolute Gasteiger partial charge is 0.407 e. The van der Waals surface area contributed by atoms with E-state index in [0.29, 0.717) is 6.42 Å². The molecule has 1 saturated heterocycles. The Morgan fingerprint density at radius 2 is 1.60 bits per heavy atom. The van der Waals surface area contributed by atoms with Gasteiger partial charge in [0.25, 0.3) is 0 Å². The van der Waals surface area contributed by atoms with E-state index >= 15 is 0 Å². The van der Waals surface area contributed by atoms with Crippen molar-refractivity contribution in [1.29, 1.82) is 0 Å². The Morgan fingerprint density at radius 1 is 1.03 bits per heavy atom. The first kappa shape index (κ1) is 24.7. The van der Waals surface area contributed by atoms with Crippen LogP contribution in [0, 0.1) is 5.92 Å². The van der Waals surface area contributed by atoms with Gasteiger partial charge in [-0.1, -0.05) is 62.4 Å². The number of carbonyl (C=O) groups excluding carboxylic acids is 2. The number of hydrogen-bond donors (Lipinski definition) is 3. The number of fused-ring (bicyclic) bond motifs is 3. The van der Waals surface area contributed by atoms with Crippen LogP contribution in [-0.4, -0.2) is 54.5 Å². The highest BCUT2D eigenvalue weighted by atomic mass is 16.5. The molecule has 186 valence electrons. The van der Waals surface area contributed by atoms with Gasteiger partial charge >= 0.3 is 12.1 Å². The lowest BCUT2D eigenvalue weighted by atomic mass is 9.89. The first-order valence-corrected chi connectivity index (χ1v) is 12.1. The molecule has 1 heterocycles. The molecule has 1 fully saturated rings. The topological polar surface area (TPSA) is 114 Å². The summed E-state index contributed by atoms with van der Waals surface area (Å²) >= 11 is 0. The Kier molecular flexibility index (Phi) is 7.40. The Morgan fingerprint density at radius 3 is 2.14 bits per heavy atom. The maximum Gasteiger partial charge on any atom is 0.407 e. The molecule has 2 aliphatic rings. The van der Waals surface area contributed by atoms with E-state index in [1.165, 1.54) is 0 Å². The van der Waals surface area contributed by atoms with E-state index in [1.54, 1.807) is 0 Å². The van der Waals surface area contributed by atoms with E-state index in [9.17, 15) is 19.5 Å². The van der Waals surface area contributed by atoms with E-state index in [4.69, 9.17) is 9.47 Å². The molecule has 4 rings (SSSR count). The summed E-state index contributed by atoms with van der Waals surface area (Å²) in [6.07, 6.45) is -0.00714. The molecule has 0 bridgehead atoms. The molecule has 1 aliphatic heterocycles. The van der Waals surface area contributed by atoms with Crippen LogP contribution in [0.3, 0.4) is 0 Å². The van der Waals surface area contributed by atoms with Crippen molar-refractivity contribution in [2.75, 3.05) is 19.8 Å². The fraction of sp³-hybridized carbons (Fsp3) is 0.444. The fourth-order valence-corrected chi connectivity index (χ4v) is 4.92. The third kappa shape index (κ3) is 5.32. The van der Waals surface area contributed by atoms with Gasteiger partial charge in [-0.2, -0.15) is 0 Å². The molecule has 2 amide bonds. The number of hydrogen-bond acceptors (Lipinski definition) is 5. The van der Waals surface area contributed by atoms with E-state index in [2.05, 4.69) is 22.8 Å². The molecule has 35 heavy (non-hydrogen) atoms. The van der Waals surface area contributed by atoms with Gasteiger partial charge in [0.15, 0.2) is 0 Å². The number of ether oxygens (including phenoxy) is 2. The summed E-state index contributed by atoms with van der Waals surface area (Å²) in [5, 5.41) is 15.1. The third-order valence-electron chi connectivity index (χ3n) is 6.78. The summed E-state index contributed by atoms with van der Waals surface area (Å²) in [5.74, 6) is -1.63. The predicted molar refractivity (Wildman–Crippen MR) is 130 cm³/mol. The quantitative estimate of drug-likeness (QED) is 0.531. The number of benzene rings is 2. The van der Waals surface area contributed by atoms with Gasteiger partial charge in [0, 0.05) is 32.0 Å². The first-order chi connectivity index (χ1) is 16.8. The normalized spacial score (nSPS) is 17.2. The van der Waals surface area contributed by atoms with Crippen molar-refractivity contribution in [2.24, 2.45) is 5.92 Å². The van der Waals surface area contributed by atoms with Crippen molar-refractivity contribution >= 4 is 18.0 Å². The largest absolute Gasteiger partial charge is 0.480 e. The van der Waals surface area contributed by atoms with E-state index in [1.807, 2.05) is 50.2 Å². The maximum absolute atomic E-state index is 13.1. The fourth-order valence-electron chi connectivity index (χ4n) is 4.92. The molecule has 0 radical (unpaired) electrons. The molecule has 0 spiro atoms. The second kappa shape index (κ2) is 10.5. The number of nitrogens with one attached hydrogen (secondary N) is 2. The molecule has 1 aliphatic carbocycles. The van der Waals surface area contributed by atoms with Crippen molar-refractivity contribution in [3.05, 3.63) is 59.7 Å². The van der Waals surface area contributed by atoms with Crippen LogP contribution >= 0.6 is 0 Å². The van der Waals surface area contributed by atoms with Crippen LogP contribution in [-0.2, 0) is 19.1 Å². The highest BCUT2D eigenvalue weighted by Crippen LogP contribution is 2.44. The van der Waals surface area contributed by atoms with Crippen molar-refractivity contribution < 1.29 is 29.0 Å². The lowest BCUT2D eigenvalue weighted by Gasteiger charge is -2.35. The monoisotopic (exact) mass is 480 g/mol. The van der Waals surface area contributed by atoms with Gasteiger partial charge in [0.2, 0.25) is 5.91 Å². The molecule has 2 aromatic rings. The average molecular weight is 481 g/mol. The summed E-state index contributed by atoms with van der Waals surface area (Å²) in [6, 6.07) is 15.2. The van der Waals surface area contributed by atoms with Crippen LogP contribution in [0.5, 0.6) is 0 Å². The summed E-state index contributed by atoms with van der Waals surface area (Å²) < 4.78 is 10.9. The van der Waals surface area contributed by atoms with Crippen LogP contribution < -0.4 is 10.6 Å². The summed E-state index contributed by atoms with van der Waals surface area (Å²) in [4.78, 5) is 37.8. The van der Waals surface area contributed by atoms with Gasteiger partial charge in [-0.3, -0.25) is 4.79 Å². The Hall–Kier alpha value is -3.39. The number of aliphatic carboxylic acids is 1. The number of alkyl carbamates (subject to hydrolysis) is 1. The van der Waals surface area contributed by atoms with Gasteiger partial charge in [-0.25, -0.2) is 9.59 Å². The number of amides is 2. The molecule has 0 unspecified atom stereocenters. The first-order valence-electron chi connectivity index (χ1n) is 12.1. The minimum atomic E-state index is -1.40. The molecular formula is C27H32N2O6. The minimum Gasteiger partial charge on any atom is -0.480 e. The zero-order chi connectivity index (χ0) is 25.0. The van der Waals surface area contributed by atoms with Crippen LogP contribution in [0.1, 0.15) is 50.2 Å². The third-order valence-corrected chi connectivity index (χ3v) is 6.78. The molecule has 1 atom stereocenters. The lowest BCUT2D eigenvalue weighted by molar-refractivity contribution is -0.152.